The monoisotopic (exact) mass is 246 g/mol. The third-order valence-electron chi connectivity index (χ3n) is 4.84. The van der Waals surface area contributed by atoms with E-state index in [4.69, 9.17) is 0 Å². The fourth-order valence-corrected chi connectivity index (χ4v) is 3.29. The summed E-state index contributed by atoms with van der Waals surface area (Å²) < 4.78 is 0. The number of hydrogen-bond donors (Lipinski definition) is 1. The molecule has 0 heterocycles. The molecule has 2 unspecified atom stereocenters. The number of benzene rings is 1. The Hall–Kier alpha value is -0.820. The molecule has 1 aliphatic rings. The summed E-state index contributed by atoms with van der Waals surface area (Å²) in [5.74, 6) is 0.397. The van der Waals surface area contributed by atoms with Gasteiger partial charge in [0.05, 0.1) is 6.10 Å². The van der Waals surface area contributed by atoms with Crippen molar-refractivity contribution in [1.29, 1.82) is 0 Å². The summed E-state index contributed by atoms with van der Waals surface area (Å²) in [6.45, 7) is 8.86. The average Bonchev–Trinajstić information content (AvgIpc) is 2.31. The molecule has 1 saturated carbocycles. The van der Waals surface area contributed by atoms with E-state index < -0.39 is 0 Å². The quantitative estimate of drug-likeness (QED) is 0.811. The fraction of sp³-hybridized carbons (Fsp3) is 0.647. The van der Waals surface area contributed by atoms with E-state index in [1.165, 1.54) is 30.4 Å². The van der Waals surface area contributed by atoms with Crippen LogP contribution in [0, 0.1) is 25.2 Å². The summed E-state index contributed by atoms with van der Waals surface area (Å²) in [6.07, 6.45) is 4.65. The molecule has 0 aromatic heterocycles. The Morgan fingerprint density at radius 3 is 2.50 bits per heavy atom. The van der Waals surface area contributed by atoms with Gasteiger partial charge < -0.3 is 5.11 Å². The van der Waals surface area contributed by atoms with Gasteiger partial charge in [-0.2, -0.15) is 0 Å². The summed E-state index contributed by atoms with van der Waals surface area (Å²) in [5, 5.41) is 10.7. The molecule has 1 nitrogen and oxygen atoms in total. The molecule has 1 aromatic rings. The molecular weight excluding hydrogens is 220 g/mol. The first-order chi connectivity index (χ1) is 8.42. The van der Waals surface area contributed by atoms with Crippen molar-refractivity contribution < 1.29 is 5.11 Å². The van der Waals surface area contributed by atoms with Crippen molar-refractivity contribution >= 4 is 0 Å². The molecular formula is C17H26O. The molecule has 1 N–H and O–H groups in total. The van der Waals surface area contributed by atoms with Gasteiger partial charge in [-0.05, 0) is 54.7 Å². The first-order valence-corrected chi connectivity index (χ1v) is 7.17. The standard InChI is InChI=1S/C17H26O/c1-12-8-9-14(11-13(12)2)16(18)15-7-5-6-10-17(15,3)4/h8-9,11,15-16,18H,5-7,10H2,1-4H3. The Balaban J connectivity index is 2.24. The smallest absolute Gasteiger partial charge is 0.0823 e. The highest BCUT2D eigenvalue weighted by molar-refractivity contribution is 5.31. The van der Waals surface area contributed by atoms with Crippen LogP contribution in [-0.4, -0.2) is 5.11 Å². The first-order valence-electron chi connectivity index (χ1n) is 7.17. The summed E-state index contributed by atoms with van der Waals surface area (Å²) in [5.41, 5.74) is 3.93. The molecule has 2 rings (SSSR count). The second-order valence-electron chi connectivity index (χ2n) is 6.63. The molecule has 2 atom stereocenters. The lowest BCUT2D eigenvalue weighted by molar-refractivity contribution is 0.00382. The van der Waals surface area contributed by atoms with Crippen LogP contribution >= 0.6 is 0 Å². The average molecular weight is 246 g/mol. The molecule has 100 valence electrons. The Labute approximate surface area is 111 Å². The largest absolute Gasteiger partial charge is 0.388 e. The lowest BCUT2D eigenvalue weighted by Gasteiger charge is -2.41. The van der Waals surface area contributed by atoms with Crippen molar-refractivity contribution in [2.75, 3.05) is 0 Å². The van der Waals surface area contributed by atoms with Crippen LogP contribution in [0.4, 0.5) is 0 Å². The third kappa shape index (κ3) is 2.61. The zero-order chi connectivity index (χ0) is 13.3. The van der Waals surface area contributed by atoms with E-state index in [2.05, 4.69) is 45.9 Å². The highest BCUT2D eigenvalue weighted by Crippen LogP contribution is 2.46. The molecule has 18 heavy (non-hydrogen) atoms. The highest BCUT2D eigenvalue weighted by Gasteiger charge is 2.37. The van der Waals surface area contributed by atoms with Gasteiger partial charge in [-0.15, -0.1) is 0 Å². The summed E-state index contributed by atoms with van der Waals surface area (Å²) in [4.78, 5) is 0. The van der Waals surface area contributed by atoms with Crippen molar-refractivity contribution in [3.8, 4) is 0 Å². The minimum atomic E-state index is -0.306. The summed E-state index contributed by atoms with van der Waals surface area (Å²) >= 11 is 0. The van der Waals surface area contributed by atoms with Gasteiger partial charge in [0.2, 0.25) is 0 Å². The van der Waals surface area contributed by atoms with Gasteiger partial charge in [0, 0.05) is 0 Å². The second kappa shape index (κ2) is 5.05. The number of rotatable bonds is 2. The fourth-order valence-electron chi connectivity index (χ4n) is 3.29. The van der Waals surface area contributed by atoms with Gasteiger partial charge in [0.25, 0.3) is 0 Å². The summed E-state index contributed by atoms with van der Waals surface area (Å²) in [6, 6.07) is 6.38. The van der Waals surface area contributed by atoms with Gasteiger partial charge >= 0.3 is 0 Å². The number of aliphatic hydroxyl groups is 1. The Morgan fingerprint density at radius 1 is 1.17 bits per heavy atom. The normalized spacial score (nSPS) is 24.8. The van der Waals surface area contributed by atoms with Gasteiger partial charge in [-0.3, -0.25) is 0 Å². The maximum Gasteiger partial charge on any atom is 0.0823 e. The third-order valence-corrected chi connectivity index (χ3v) is 4.84. The van der Waals surface area contributed by atoms with Crippen molar-refractivity contribution in [2.45, 2.75) is 59.5 Å². The molecule has 0 radical (unpaired) electrons. The zero-order valence-corrected chi connectivity index (χ0v) is 12.2. The van der Waals surface area contributed by atoms with Crippen molar-refractivity contribution in [2.24, 2.45) is 11.3 Å². The molecule has 0 bridgehead atoms. The van der Waals surface area contributed by atoms with Crippen LogP contribution in [0.5, 0.6) is 0 Å². The number of aryl methyl sites for hydroxylation is 2. The van der Waals surface area contributed by atoms with Gasteiger partial charge in [-0.25, -0.2) is 0 Å². The maximum absolute atomic E-state index is 10.7. The minimum Gasteiger partial charge on any atom is -0.388 e. The minimum absolute atomic E-state index is 0.260. The van der Waals surface area contributed by atoms with E-state index in [9.17, 15) is 5.11 Å². The molecule has 1 aliphatic carbocycles. The SMILES string of the molecule is Cc1ccc(C(O)C2CCCCC2(C)C)cc1C. The second-order valence-corrected chi connectivity index (χ2v) is 6.63. The van der Waals surface area contributed by atoms with Crippen molar-refractivity contribution in [3.63, 3.8) is 0 Å². The molecule has 0 amide bonds. The van der Waals surface area contributed by atoms with Gasteiger partial charge in [0.15, 0.2) is 0 Å². The van der Waals surface area contributed by atoms with Crippen LogP contribution in [-0.2, 0) is 0 Å². The predicted octanol–water partition coefficient (Wildman–Crippen LogP) is 4.55. The van der Waals surface area contributed by atoms with E-state index in [1.54, 1.807) is 0 Å². The van der Waals surface area contributed by atoms with Crippen molar-refractivity contribution in [3.05, 3.63) is 34.9 Å². The topological polar surface area (TPSA) is 20.2 Å². The van der Waals surface area contributed by atoms with E-state index in [-0.39, 0.29) is 11.5 Å². The number of aliphatic hydroxyl groups excluding tert-OH is 1. The lowest BCUT2D eigenvalue weighted by atomic mass is 9.65. The van der Waals surface area contributed by atoms with Crippen molar-refractivity contribution in [1.82, 2.24) is 0 Å². The summed E-state index contributed by atoms with van der Waals surface area (Å²) in [7, 11) is 0. The lowest BCUT2D eigenvalue weighted by Crippen LogP contribution is -2.32. The molecule has 1 aromatic carbocycles. The Morgan fingerprint density at radius 2 is 1.89 bits per heavy atom. The Kier molecular flexibility index (Phi) is 3.82. The van der Waals surface area contributed by atoms with Crippen LogP contribution in [0.3, 0.4) is 0 Å². The van der Waals surface area contributed by atoms with Gasteiger partial charge in [0.1, 0.15) is 0 Å². The van der Waals surface area contributed by atoms with Gasteiger partial charge in [-0.1, -0.05) is 44.9 Å². The van der Waals surface area contributed by atoms with Crippen LogP contribution in [0.25, 0.3) is 0 Å². The zero-order valence-electron chi connectivity index (χ0n) is 12.2. The first kappa shape index (κ1) is 13.6. The predicted molar refractivity (Wildman–Crippen MR) is 76.6 cm³/mol. The Bertz CT molecular complexity index is 420. The van der Waals surface area contributed by atoms with Crippen LogP contribution in [0.2, 0.25) is 0 Å². The van der Waals surface area contributed by atoms with Crippen LogP contribution in [0.1, 0.15) is 62.3 Å². The van der Waals surface area contributed by atoms with Crippen LogP contribution < -0.4 is 0 Å². The maximum atomic E-state index is 10.7. The van der Waals surface area contributed by atoms with E-state index in [0.717, 1.165) is 12.0 Å². The molecule has 0 spiro atoms. The van der Waals surface area contributed by atoms with E-state index in [1.807, 2.05) is 0 Å². The molecule has 1 heteroatoms. The molecule has 1 fully saturated rings. The number of hydrogen-bond acceptors (Lipinski definition) is 1. The highest BCUT2D eigenvalue weighted by atomic mass is 16.3. The van der Waals surface area contributed by atoms with E-state index >= 15 is 0 Å². The molecule has 0 saturated heterocycles. The van der Waals surface area contributed by atoms with E-state index in [0.29, 0.717) is 5.92 Å². The van der Waals surface area contributed by atoms with Crippen LogP contribution in [0.15, 0.2) is 18.2 Å². The molecule has 0 aliphatic heterocycles.